The number of nitrogen functional groups attached to an aromatic ring is 1. The van der Waals surface area contributed by atoms with Crippen LogP contribution in [0.25, 0.3) is 5.69 Å². The van der Waals surface area contributed by atoms with Gasteiger partial charge < -0.3 is 20.5 Å². The van der Waals surface area contributed by atoms with Crippen molar-refractivity contribution in [3.05, 3.63) is 62.9 Å². The Balaban J connectivity index is 1.88. The number of nitrogens with zero attached hydrogens (tertiary/aromatic N) is 1. The fourth-order valence-electron chi connectivity index (χ4n) is 2.78. The van der Waals surface area contributed by atoms with Crippen LogP contribution in [-0.4, -0.2) is 29.7 Å². The van der Waals surface area contributed by atoms with E-state index in [1.165, 1.54) is 0 Å². The minimum Gasteiger partial charge on any atom is -0.492 e. The molecule has 0 aliphatic carbocycles. The number of thiazole rings is 1. The molecule has 3 rings (SSSR count). The Kier molecular flexibility index (Phi) is 6.86. The SMILES string of the molecule is CCOC(=O)c1ccc(-n2c(N)c(C(=O)Nc3ccccc3OCC)sc2=S)cc1. The van der Waals surface area contributed by atoms with Gasteiger partial charge in [0.25, 0.3) is 5.91 Å². The highest BCUT2D eigenvalue weighted by atomic mass is 32.1. The summed E-state index contributed by atoms with van der Waals surface area (Å²) in [4.78, 5) is 25.0. The number of benzene rings is 2. The number of anilines is 2. The first-order valence-electron chi connectivity index (χ1n) is 9.28. The molecular formula is C21H21N3O4S2. The van der Waals surface area contributed by atoms with Crippen molar-refractivity contribution in [2.75, 3.05) is 24.3 Å². The van der Waals surface area contributed by atoms with Crippen LogP contribution in [0.15, 0.2) is 48.5 Å². The Morgan fingerprint density at radius 2 is 1.80 bits per heavy atom. The highest BCUT2D eigenvalue weighted by Crippen LogP contribution is 2.29. The molecule has 0 atom stereocenters. The lowest BCUT2D eigenvalue weighted by Crippen LogP contribution is -2.14. The van der Waals surface area contributed by atoms with Crippen LogP contribution < -0.4 is 15.8 Å². The summed E-state index contributed by atoms with van der Waals surface area (Å²) in [5, 5.41) is 2.83. The van der Waals surface area contributed by atoms with Crippen molar-refractivity contribution in [3.63, 3.8) is 0 Å². The lowest BCUT2D eigenvalue weighted by atomic mass is 10.2. The molecule has 0 aliphatic heterocycles. The van der Waals surface area contributed by atoms with Crippen molar-refractivity contribution >= 4 is 46.9 Å². The highest BCUT2D eigenvalue weighted by Gasteiger charge is 2.19. The molecule has 0 radical (unpaired) electrons. The van der Waals surface area contributed by atoms with Crippen molar-refractivity contribution < 1.29 is 19.1 Å². The van der Waals surface area contributed by atoms with Gasteiger partial charge in [0.05, 0.1) is 24.5 Å². The summed E-state index contributed by atoms with van der Waals surface area (Å²) in [5.74, 6) is 0.0152. The van der Waals surface area contributed by atoms with Gasteiger partial charge in [-0.3, -0.25) is 9.36 Å². The predicted octanol–water partition coefficient (Wildman–Crippen LogP) is 4.68. The quantitative estimate of drug-likeness (QED) is 0.407. The number of hydrogen-bond acceptors (Lipinski definition) is 7. The molecule has 1 amide bonds. The lowest BCUT2D eigenvalue weighted by Gasteiger charge is -2.11. The number of ether oxygens (including phenoxy) is 2. The van der Waals surface area contributed by atoms with Gasteiger partial charge in [-0.15, -0.1) is 0 Å². The third-order valence-electron chi connectivity index (χ3n) is 4.12. The molecule has 30 heavy (non-hydrogen) atoms. The minimum atomic E-state index is -0.404. The van der Waals surface area contributed by atoms with Gasteiger partial charge in [-0.2, -0.15) is 0 Å². The normalized spacial score (nSPS) is 10.5. The molecule has 2 aromatic carbocycles. The van der Waals surface area contributed by atoms with E-state index in [-0.39, 0.29) is 11.7 Å². The van der Waals surface area contributed by atoms with E-state index < -0.39 is 5.97 Å². The molecule has 3 aromatic rings. The van der Waals surface area contributed by atoms with Crippen LogP contribution in [0.4, 0.5) is 11.5 Å². The van der Waals surface area contributed by atoms with E-state index in [2.05, 4.69) is 5.32 Å². The molecule has 1 aromatic heterocycles. The van der Waals surface area contributed by atoms with Crippen LogP contribution in [0.2, 0.25) is 0 Å². The Labute approximate surface area is 183 Å². The van der Waals surface area contributed by atoms with Crippen molar-refractivity contribution in [1.29, 1.82) is 0 Å². The number of carbonyl (C=O) groups excluding carboxylic acids is 2. The Bertz CT molecular complexity index is 1120. The third-order valence-corrected chi connectivity index (χ3v) is 5.51. The number of rotatable bonds is 7. The fraction of sp³-hybridized carbons (Fsp3) is 0.190. The maximum Gasteiger partial charge on any atom is 0.338 e. The molecule has 9 heteroatoms. The topological polar surface area (TPSA) is 95.6 Å². The second-order valence-electron chi connectivity index (χ2n) is 6.07. The first kappa shape index (κ1) is 21.5. The van der Waals surface area contributed by atoms with Crippen molar-refractivity contribution in [2.45, 2.75) is 13.8 Å². The smallest absolute Gasteiger partial charge is 0.338 e. The molecule has 1 heterocycles. The van der Waals surface area contributed by atoms with Crippen molar-refractivity contribution in [2.24, 2.45) is 0 Å². The Morgan fingerprint density at radius 3 is 2.47 bits per heavy atom. The van der Waals surface area contributed by atoms with Crippen LogP contribution >= 0.6 is 23.6 Å². The Hall–Kier alpha value is -3.17. The van der Waals surface area contributed by atoms with Gasteiger partial charge in [0.15, 0.2) is 3.95 Å². The number of para-hydroxylation sites is 2. The summed E-state index contributed by atoms with van der Waals surface area (Å²) in [6.45, 7) is 4.40. The Morgan fingerprint density at radius 1 is 1.10 bits per heavy atom. The molecular weight excluding hydrogens is 422 g/mol. The molecule has 0 saturated carbocycles. The fourth-order valence-corrected chi connectivity index (χ4v) is 4.05. The molecule has 0 aliphatic rings. The van der Waals surface area contributed by atoms with E-state index in [9.17, 15) is 9.59 Å². The number of aromatic nitrogens is 1. The van der Waals surface area contributed by atoms with E-state index in [1.807, 2.05) is 13.0 Å². The van der Waals surface area contributed by atoms with Crippen LogP contribution in [-0.2, 0) is 4.74 Å². The zero-order valence-electron chi connectivity index (χ0n) is 16.5. The molecule has 0 fully saturated rings. The van der Waals surface area contributed by atoms with Gasteiger partial charge in [-0.05, 0) is 62.5 Å². The van der Waals surface area contributed by atoms with E-state index in [1.54, 1.807) is 54.0 Å². The molecule has 0 saturated heterocycles. The van der Waals surface area contributed by atoms with Crippen LogP contribution in [0, 0.1) is 3.95 Å². The standard InChI is InChI=1S/C21H21N3O4S2/c1-3-27-16-8-6-5-7-15(16)23-19(25)17-18(22)24(21(29)30-17)14-11-9-13(10-12-14)20(26)28-4-2/h5-12H,3-4,22H2,1-2H3,(H,23,25). The molecule has 3 N–H and O–H groups in total. The van der Waals surface area contributed by atoms with Gasteiger partial charge in [0, 0.05) is 5.69 Å². The van der Waals surface area contributed by atoms with Gasteiger partial charge >= 0.3 is 5.97 Å². The first-order chi connectivity index (χ1) is 14.5. The second kappa shape index (κ2) is 9.55. The van der Waals surface area contributed by atoms with E-state index in [0.717, 1.165) is 11.3 Å². The van der Waals surface area contributed by atoms with Gasteiger partial charge in [-0.25, -0.2) is 4.79 Å². The maximum atomic E-state index is 12.8. The van der Waals surface area contributed by atoms with E-state index in [4.69, 9.17) is 27.4 Å². The van der Waals surface area contributed by atoms with Gasteiger partial charge in [-0.1, -0.05) is 23.5 Å². The molecule has 0 unspecified atom stereocenters. The predicted molar refractivity (Wildman–Crippen MR) is 120 cm³/mol. The van der Waals surface area contributed by atoms with Crippen molar-refractivity contribution in [1.82, 2.24) is 4.57 Å². The lowest BCUT2D eigenvalue weighted by molar-refractivity contribution is 0.0526. The number of nitrogens with two attached hydrogens (primary N) is 1. The largest absolute Gasteiger partial charge is 0.492 e. The minimum absolute atomic E-state index is 0.222. The number of amides is 1. The first-order valence-corrected chi connectivity index (χ1v) is 10.5. The average molecular weight is 444 g/mol. The van der Waals surface area contributed by atoms with Gasteiger partial charge in [0.2, 0.25) is 0 Å². The van der Waals surface area contributed by atoms with Crippen LogP contribution in [0.5, 0.6) is 5.75 Å². The number of carbonyl (C=O) groups is 2. The summed E-state index contributed by atoms with van der Waals surface area (Å²) >= 11 is 6.53. The zero-order valence-corrected chi connectivity index (χ0v) is 18.1. The third kappa shape index (κ3) is 4.52. The zero-order chi connectivity index (χ0) is 21.7. The van der Waals surface area contributed by atoms with Crippen LogP contribution in [0.3, 0.4) is 0 Å². The number of hydrogen-bond donors (Lipinski definition) is 2. The summed E-state index contributed by atoms with van der Waals surface area (Å²) in [7, 11) is 0. The summed E-state index contributed by atoms with van der Waals surface area (Å²) in [6, 6.07) is 13.8. The summed E-state index contributed by atoms with van der Waals surface area (Å²) in [6.07, 6.45) is 0. The summed E-state index contributed by atoms with van der Waals surface area (Å²) in [5.41, 5.74) is 7.88. The van der Waals surface area contributed by atoms with Crippen LogP contribution in [0.1, 0.15) is 33.9 Å². The van der Waals surface area contributed by atoms with Crippen molar-refractivity contribution in [3.8, 4) is 11.4 Å². The number of nitrogens with one attached hydrogen (secondary N) is 1. The monoisotopic (exact) mass is 443 g/mol. The summed E-state index contributed by atoms with van der Waals surface area (Å²) < 4.78 is 12.5. The van der Waals surface area contributed by atoms with E-state index >= 15 is 0 Å². The average Bonchev–Trinajstić information content (AvgIpc) is 3.04. The highest BCUT2D eigenvalue weighted by molar-refractivity contribution is 7.73. The molecule has 0 spiro atoms. The van der Waals surface area contributed by atoms with E-state index in [0.29, 0.717) is 44.7 Å². The second-order valence-corrected chi connectivity index (χ2v) is 7.71. The van der Waals surface area contributed by atoms with Gasteiger partial charge in [0.1, 0.15) is 16.4 Å². The maximum absolute atomic E-state index is 12.8. The molecule has 7 nitrogen and oxygen atoms in total. The molecule has 0 bridgehead atoms. The molecule has 156 valence electrons. The number of esters is 1.